The van der Waals surface area contributed by atoms with Crippen molar-refractivity contribution in [3.63, 3.8) is 0 Å². The van der Waals surface area contributed by atoms with Crippen LogP contribution in [-0.4, -0.2) is 6.54 Å². The maximum absolute atomic E-state index is 6.97. The topological polar surface area (TPSA) is 4.36 Å². The van der Waals surface area contributed by atoms with E-state index in [0.717, 1.165) is 0 Å². The fraction of sp³-hybridized carbons (Fsp3) is 0.417. The summed E-state index contributed by atoms with van der Waals surface area (Å²) in [5.74, 6) is 0. The molecule has 1 nitrogen and oxygen atoms in total. The number of nitrogens with zero attached hydrogens (tertiary/aromatic N) is 1. The molecule has 0 atom stereocenters. The highest BCUT2D eigenvalue weighted by molar-refractivity contribution is 5.29. The lowest BCUT2D eigenvalue weighted by molar-refractivity contribution is 0.266. The van der Waals surface area contributed by atoms with Gasteiger partial charge in [-0.1, -0.05) is 36.8 Å². The highest BCUT2D eigenvalue weighted by Crippen LogP contribution is 2.43. The summed E-state index contributed by atoms with van der Waals surface area (Å²) in [6.45, 7) is 7.63. The van der Waals surface area contributed by atoms with E-state index in [1.54, 1.807) is 0 Å². The van der Waals surface area contributed by atoms with E-state index >= 15 is 0 Å². The molecule has 1 aliphatic carbocycles. The molecule has 13 heavy (non-hydrogen) atoms. The van der Waals surface area contributed by atoms with Crippen LogP contribution in [0.15, 0.2) is 30.3 Å². The third kappa shape index (κ3) is 1.33. The summed E-state index contributed by atoms with van der Waals surface area (Å²) in [7, 11) is 0. The Morgan fingerprint density at radius 3 is 2.38 bits per heavy atom. The first-order valence-electron chi connectivity index (χ1n) is 4.76. The smallest absolute Gasteiger partial charge is 0.224 e. The van der Waals surface area contributed by atoms with Gasteiger partial charge in [0, 0.05) is 0 Å². The summed E-state index contributed by atoms with van der Waals surface area (Å²) in [5, 5.41) is 0. The van der Waals surface area contributed by atoms with Gasteiger partial charge in [0.1, 0.15) is 0 Å². The van der Waals surface area contributed by atoms with Crippen molar-refractivity contribution in [2.45, 2.75) is 24.7 Å². The van der Waals surface area contributed by atoms with Gasteiger partial charge in [-0.15, -0.1) is 0 Å². The fourth-order valence-corrected chi connectivity index (χ4v) is 2.08. The lowest BCUT2D eigenvalue weighted by Gasteiger charge is -2.37. The van der Waals surface area contributed by atoms with Gasteiger partial charge in [0.25, 0.3) is 0 Å². The highest BCUT2D eigenvalue weighted by atomic mass is 14.7. The maximum atomic E-state index is 6.97. The van der Waals surface area contributed by atoms with Crippen LogP contribution in [0.2, 0.25) is 0 Å². The van der Waals surface area contributed by atoms with Crippen LogP contribution in [0.1, 0.15) is 24.8 Å². The molecule has 0 heterocycles. The zero-order valence-electron chi connectivity index (χ0n) is 7.66. The number of rotatable bonds is 2. The molecule has 0 amide bonds. The third-order valence-electron chi connectivity index (χ3n) is 3.08. The van der Waals surface area contributed by atoms with E-state index in [4.69, 9.17) is 6.57 Å². The summed E-state index contributed by atoms with van der Waals surface area (Å²) in [5.41, 5.74) is 1.57. The van der Waals surface area contributed by atoms with Gasteiger partial charge < -0.3 is 4.85 Å². The first kappa shape index (κ1) is 8.31. The Bertz CT molecular complexity index is 317. The standard InChI is InChI=1S/C12H13N/c1-13-10-12(8-5-9-12)11-6-3-2-4-7-11/h2-4,6-7H,5,8-10H2. The Morgan fingerprint density at radius 2 is 1.92 bits per heavy atom. The minimum absolute atomic E-state index is 0.211. The highest BCUT2D eigenvalue weighted by Gasteiger charge is 2.41. The molecule has 1 saturated carbocycles. The van der Waals surface area contributed by atoms with Gasteiger partial charge >= 0.3 is 0 Å². The Balaban J connectivity index is 2.28. The minimum atomic E-state index is 0.211. The van der Waals surface area contributed by atoms with Crippen molar-refractivity contribution in [3.05, 3.63) is 47.3 Å². The van der Waals surface area contributed by atoms with Crippen molar-refractivity contribution < 1.29 is 0 Å². The SMILES string of the molecule is [C-]#[N+]CC1(c2ccccc2)CCC1. The molecule has 1 aromatic rings. The molecule has 0 unspecified atom stereocenters. The molecule has 0 spiro atoms. The Labute approximate surface area is 79.2 Å². The Kier molecular flexibility index (Phi) is 2.06. The third-order valence-corrected chi connectivity index (χ3v) is 3.08. The Hall–Kier alpha value is -1.29. The first-order chi connectivity index (χ1) is 6.37. The van der Waals surface area contributed by atoms with E-state index in [0.29, 0.717) is 6.54 Å². The van der Waals surface area contributed by atoms with Crippen LogP contribution in [-0.2, 0) is 5.41 Å². The quantitative estimate of drug-likeness (QED) is 0.602. The summed E-state index contributed by atoms with van der Waals surface area (Å²) in [4.78, 5) is 3.56. The molecule has 0 aromatic heterocycles. The van der Waals surface area contributed by atoms with Gasteiger partial charge in [-0.3, -0.25) is 0 Å². The molecule has 1 aliphatic rings. The lowest BCUT2D eigenvalue weighted by Crippen LogP contribution is -2.36. The van der Waals surface area contributed by atoms with Crippen molar-refractivity contribution in [2.24, 2.45) is 0 Å². The van der Waals surface area contributed by atoms with Gasteiger partial charge in [0.15, 0.2) is 0 Å². The molecular weight excluding hydrogens is 158 g/mol. The van der Waals surface area contributed by atoms with Gasteiger partial charge in [-0.2, -0.15) is 0 Å². The monoisotopic (exact) mass is 171 g/mol. The average Bonchev–Trinajstić information content (AvgIpc) is 2.13. The van der Waals surface area contributed by atoms with Crippen molar-refractivity contribution in [1.82, 2.24) is 0 Å². The summed E-state index contributed by atoms with van der Waals surface area (Å²) in [6.07, 6.45) is 3.67. The fourth-order valence-electron chi connectivity index (χ4n) is 2.08. The number of hydrogen-bond donors (Lipinski definition) is 0. The molecule has 0 aliphatic heterocycles. The molecular formula is C12H13N. The summed E-state index contributed by atoms with van der Waals surface area (Å²) >= 11 is 0. The lowest BCUT2D eigenvalue weighted by atomic mass is 9.64. The van der Waals surface area contributed by atoms with E-state index < -0.39 is 0 Å². The predicted molar refractivity (Wildman–Crippen MR) is 53.4 cm³/mol. The normalized spacial score (nSPS) is 18.7. The van der Waals surface area contributed by atoms with Gasteiger partial charge in [-0.05, 0) is 18.4 Å². The molecule has 66 valence electrons. The molecule has 1 fully saturated rings. The van der Waals surface area contributed by atoms with Crippen LogP contribution in [0.3, 0.4) is 0 Å². The van der Waals surface area contributed by atoms with Gasteiger partial charge in [-0.25, -0.2) is 6.57 Å². The molecule has 0 bridgehead atoms. The predicted octanol–water partition coefficient (Wildman–Crippen LogP) is 3.03. The molecule has 1 heteroatoms. The van der Waals surface area contributed by atoms with Crippen LogP contribution in [0.4, 0.5) is 0 Å². The molecule has 2 rings (SSSR count). The van der Waals surface area contributed by atoms with E-state index in [9.17, 15) is 0 Å². The second-order valence-corrected chi connectivity index (χ2v) is 3.82. The maximum Gasteiger partial charge on any atom is 0.224 e. The van der Waals surface area contributed by atoms with Crippen LogP contribution in [0.5, 0.6) is 0 Å². The average molecular weight is 171 g/mol. The summed E-state index contributed by atoms with van der Waals surface area (Å²) in [6, 6.07) is 10.5. The largest absolute Gasteiger partial charge is 0.316 e. The van der Waals surface area contributed by atoms with Crippen molar-refractivity contribution in [2.75, 3.05) is 6.54 Å². The second-order valence-electron chi connectivity index (χ2n) is 3.82. The first-order valence-corrected chi connectivity index (χ1v) is 4.76. The van der Waals surface area contributed by atoms with E-state index in [1.807, 2.05) is 6.07 Å². The molecule has 0 radical (unpaired) electrons. The van der Waals surface area contributed by atoms with Crippen molar-refractivity contribution >= 4 is 0 Å². The van der Waals surface area contributed by atoms with Gasteiger partial charge in [0.2, 0.25) is 6.54 Å². The van der Waals surface area contributed by atoms with Gasteiger partial charge in [0.05, 0.1) is 5.41 Å². The van der Waals surface area contributed by atoms with E-state index in [2.05, 4.69) is 29.1 Å². The molecule has 0 saturated heterocycles. The van der Waals surface area contributed by atoms with Crippen LogP contribution >= 0.6 is 0 Å². The number of benzene rings is 1. The Morgan fingerprint density at radius 1 is 1.23 bits per heavy atom. The van der Waals surface area contributed by atoms with Crippen LogP contribution in [0.25, 0.3) is 4.85 Å². The zero-order chi connectivity index (χ0) is 9.15. The van der Waals surface area contributed by atoms with Crippen LogP contribution in [0, 0.1) is 6.57 Å². The zero-order valence-corrected chi connectivity index (χ0v) is 7.66. The number of hydrogen-bond acceptors (Lipinski definition) is 0. The minimum Gasteiger partial charge on any atom is -0.316 e. The van der Waals surface area contributed by atoms with Crippen LogP contribution < -0.4 is 0 Å². The van der Waals surface area contributed by atoms with E-state index in [1.165, 1.54) is 24.8 Å². The summed E-state index contributed by atoms with van der Waals surface area (Å²) < 4.78 is 0. The molecule has 1 aromatic carbocycles. The van der Waals surface area contributed by atoms with Crippen molar-refractivity contribution in [3.8, 4) is 0 Å². The van der Waals surface area contributed by atoms with E-state index in [-0.39, 0.29) is 5.41 Å². The molecule has 0 N–H and O–H groups in total. The van der Waals surface area contributed by atoms with Crippen molar-refractivity contribution in [1.29, 1.82) is 0 Å². The second kappa shape index (κ2) is 3.22.